The molecular weight excluding hydrogens is 1770 g/mol. The second-order valence-corrected chi connectivity index (χ2v) is 54.9. The van der Waals surface area contributed by atoms with Gasteiger partial charge in [0.05, 0.1) is 98.2 Å². The van der Waals surface area contributed by atoms with E-state index in [0.717, 1.165) is 219 Å². The lowest BCUT2D eigenvalue weighted by Crippen LogP contribution is -2.52. The van der Waals surface area contributed by atoms with Crippen LogP contribution in [-0.2, 0) is 38.8 Å². The Kier molecular flexibility index (Phi) is 23.1. The monoisotopic (exact) mass is 1930 g/mol. The third-order valence-electron chi connectivity index (χ3n) is 46.0. The number of H-pyrrole nitrogens is 1. The number of nitrogens with one attached hydrogen (secondary N) is 1. The summed E-state index contributed by atoms with van der Waals surface area (Å²) in [5, 5.41) is 101. The Morgan fingerprint density at radius 2 is 0.657 bits per heavy atom. The Bertz CT molecular complexity index is 5370. The SMILES string of the molecule is C[C@@]1(O)CC[C@H]2[C@H](CC[C@@H]3[C@@H]2CC[C@@]2(C)[C@H]3[C@@H]3C[C@@H]3[C@@H]2C(=O)CBr)C1.C[C@@]1(O)CC[C@H]2[C@H](CC[C@@H]3[C@@H]2CC[C@@]2(C)[C@H]3[C@@H]3C[C@@H]3[C@@H]2C(=O)Cn2cc(C#N)c(C3CC3)n2)C1.C[C@@]1(O)CC[C@H]2[C@H](CC[C@@H]3[C@@H]2CC[C@@]2(C)[C@H]3[C@@H]3C[C@@H]3[C@@H]2C(=O)Cn2cc(C#N)c(C3CC3)n2)C1.C[C@@]1(O)CC[C@H]2[C@H](CC[C@@H]3[C@@H]2CC[C@@]2(C)[C@H]3[C@@H]3C[C@@H]3[C@@H]2C(=O)Cn2ncc(C#N)c2C2CC2)C1.N#Cc1cn[nH]c1C1CC1. The molecule has 24 saturated carbocycles. The largest absolute Gasteiger partial charge is 0.390 e. The second kappa shape index (κ2) is 34.0. The van der Waals surface area contributed by atoms with Gasteiger partial charge in [0.15, 0.2) is 17.3 Å². The molecule has 4 aromatic rings. The van der Waals surface area contributed by atoms with Crippen molar-refractivity contribution in [1.82, 2.24) is 39.5 Å². The fraction of sp³-hybridized carbons (Fsp3) is 0.828. The first-order valence-electron chi connectivity index (χ1n) is 56.1. The molecule has 5 N–H and O–H groups in total. The zero-order chi connectivity index (χ0) is 94.7. The van der Waals surface area contributed by atoms with Gasteiger partial charge in [-0.05, 0) is 472 Å². The van der Waals surface area contributed by atoms with E-state index in [4.69, 9.17) is 15.5 Å². The van der Waals surface area contributed by atoms with Crippen LogP contribution in [0.15, 0.2) is 24.8 Å². The molecule has 736 valence electrons. The predicted octanol–water partition coefficient (Wildman–Crippen LogP) is 21.2. The van der Waals surface area contributed by atoms with Crippen molar-refractivity contribution in [3.05, 3.63) is 69.8 Å². The van der Waals surface area contributed by atoms with Gasteiger partial charge >= 0.3 is 0 Å². The van der Waals surface area contributed by atoms with E-state index >= 15 is 0 Å². The molecule has 24 aliphatic rings. The molecular formula is C116H157BrN12O8. The second-order valence-electron chi connectivity index (χ2n) is 54.3. The van der Waals surface area contributed by atoms with Gasteiger partial charge in [-0.1, -0.05) is 43.6 Å². The van der Waals surface area contributed by atoms with Crippen molar-refractivity contribution in [2.45, 2.75) is 378 Å². The van der Waals surface area contributed by atoms with Gasteiger partial charge in [-0.25, -0.2) is 0 Å². The number of ketones is 4. The topological polar surface area (TPSA) is 327 Å². The van der Waals surface area contributed by atoms with E-state index in [1.807, 2.05) is 37.8 Å². The Morgan fingerprint density at radius 1 is 0.350 bits per heavy atom. The summed E-state index contributed by atoms with van der Waals surface area (Å²) in [7, 11) is 0. The molecule has 4 heterocycles. The highest BCUT2D eigenvalue weighted by Gasteiger charge is 2.76. The smallest absolute Gasteiger partial charge is 0.158 e. The van der Waals surface area contributed by atoms with Crippen LogP contribution in [0.5, 0.6) is 0 Å². The summed E-state index contributed by atoms with van der Waals surface area (Å²) in [5.74, 6) is 25.5. The van der Waals surface area contributed by atoms with Crippen molar-refractivity contribution in [1.29, 1.82) is 21.0 Å². The van der Waals surface area contributed by atoms with Crippen molar-refractivity contribution >= 4 is 39.1 Å². The molecule has 0 unspecified atom stereocenters. The van der Waals surface area contributed by atoms with Gasteiger partial charge in [0.1, 0.15) is 36.6 Å². The molecule has 0 aliphatic heterocycles. The molecule has 137 heavy (non-hydrogen) atoms. The number of alkyl halides is 1. The van der Waals surface area contributed by atoms with Crippen molar-refractivity contribution in [2.75, 3.05) is 5.33 Å². The van der Waals surface area contributed by atoms with Gasteiger partial charge in [-0.2, -0.15) is 41.4 Å². The van der Waals surface area contributed by atoms with Crippen molar-refractivity contribution in [2.24, 2.45) is 211 Å². The summed E-state index contributed by atoms with van der Waals surface area (Å²) in [6.07, 6.45) is 54.3. The van der Waals surface area contributed by atoms with E-state index < -0.39 is 22.4 Å². The highest BCUT2D eigenvalue weighted by molar-refractivity contribution is 9.09. The molecule has 20 nitrogen and oxygen atoms in total. The number of aromatic nitrogens is 8. The molecule has 4 aromatic heterocycles. The van der Waals surface area contributed by atoms with Gasteiger partial charge in [0, 0.05) is 59.7 Å². The van der Waals surface area contributed by atoms with Crippen LogP contribution in [-0.4, -0.2) is 111 Å². The molecule has 28 rings (SSSR count). The van der Waals surface area contributed by atoms with Crippen LogP contribution in [0.25, 0.3) is 0 Å². The average Bonchev–Trinajstić information content (AvgIpc) is 1.52. The fourth-order valence-electron chi connectivity index (χ4n) is 40.4. The number of hydrogen-bond donors (Lipinski definition) is 5. The third kappa shape index (κ3) is 16.1. The maximum atomic E-state index is 13.9. The molecule has 0 spiro atoms. The Labute approximate surface area is 822 Å². The molecule has 21 heteroatoms. The first kappa shape index (κ1) is 93.2. The summed E-state index contributed by atoms with van der Waals surface area (Å²) in [4.78, 5) is 54.2. The van der Waals surface area contributed by atoms with Gasteiger partial charge in [-0.3, -0.25) is 38.3 Å². The fourth-order valence-corrected chi connectivity index (χ4v) is 40.8. The minimum absolute atomic E-state index is 0.142. The van der Waals surface area contributed by atoms with Crippen molar-refractivity contribution in [3.63, 3.8) is 0 Å². The van der Waals surface area contributed by atoms with Crippen LogP contribution in [0, 0.1) is 256 Å². The standard InChI is InChI=1S/3C29H39N3O2.C22H33BrO2.C7H7N3/c2*1-28(34)9-7-19-17(12-28)5-6-21-20(19)8-10-29(2)25(21)22-11-23(22)26(29)24(33)15-32-14-18(13-30)27(31-32)16-3-4-16;1-28(34)9-7-19-17(12-28)5-6-21-20(19)8-10-29(2)25(21)22-11-23(22)26(29)24(33)15-32-27(16-3-4-16)18(13-30)14-31-32;1-21(25)7-5-13-12(10-21)3-4-15-14(13)6-8-22(2)19(15)16-9-17(16)20(22)18(24)11-23;8-3-6-4-9-10-7(6)5-1-2-5/h3*14,16-17,19-23,25-26,34H,3-12,15H2,1-2H3;12-17,19-20,25H,3-11H2,1-2H3;4-5H,1-2H2,(H,9,10)/t3*17-,19+,20-,21-,22-,23+,25-,26-,28-,29+;12-,13+,14-,15-,16-,17+,19-,20-,21-,22+;/m1111./s1. The summed E-state index contributed by atoms with van der Waals surface area (Å²) in [6.45, 7) is 19.1. The van der Waals surface area contributed by atoms with Crippen LogP contribution < -0.4 is 0 Å². The number of nitriles is 4. The zero-order valence-electron chi connectivity index (χ0n) is 83.4. The number of carbonyl (C=O) groups excluding carboxylic acids is 4. The number of nitrogens with zero attached hydrogens (tertiary/aromatic N) is 11. The number of hydrogen-bond acceptors (Lipinski definition) is 16. The predicted molar refractivity (Wildman–Crippen MR) is 520 cm³/mol. The number of rotatable bonds is 15. The number of Topliss-reactive ketones (excluding diaryl/α,β-unsaturated/α-hetero) is 4. The van der Waals surface area contributed by atoms with Gasteiger partial charge in [-0.15, -0.1) is 0 Å². The molecule has 0 aromatic carbocycles. The van der Waals surface area contributed by atoms with Crippen LogP contribution in [0.4, 0.5) is 0 Å². The molecule has 0 saturated heterocycles. The van der Waals surface area contributed by atoms with E-state index in [1.165, 1.54) is 167 Å². The van der Waals surface area contributed by atoms with E-state index in [9.17, 15) is 55.4 Å². The highest BCUT2D eigenvalue weighted by atomic mass is 79.9. The lowest BCUT2D eigenvalue weighted by atomic mass is 9.48. The molecule has 0 radical (unpaired) electrons. The molecule has 0 bridgehead atoms. The minimum atomic E-state index is -0.457. The van der Waals surface area contributed by atoms with Crippen LogP contribution in [0.3, 0.4) is 0 Å². The quantitative estimate of drug-likeness (QED) is 0.0691. The number of fused-ring (bicyclic) bond motifs is 28. The summed E-state index contributed by atoms with van der Waals surface area (Å²) < 4.78 is 5.46. The number of halogens is 1. The number of aliphatic hydroxyl groups is 4. The van der Waals surface area contributed by atoms with Crippen LogP contribution >= 0.6 is 15.9 Å². The Balaban J connectivity index is 0.0000000967. The van der Waals surface area contributed by atoms with Gasteiger partial charge in [0.2, 0.25) is 0 Å². The minimum Gasteiger partial charge on any atom is -0.390 e. The maximum Gasteiger partial charge on any atom is 0.158 e. The Hall–Kier alpha value is -6.20. The Morgan fingerprint density at radius 3 is 0.964 bits per heavy atom. The number of aromatic amines is 1. The van der Waals surface area contributed by atoms with Crippen LogP contribution in [0.2, 0.25) is 0 Å². The lowest BCUT2D eigenvalue weighted by molar-refractivity contribution is -0.137. The van der Waals surface area contributed by atoms with Crippen molar-refractivity contribution in [3.8, 4) is 24.3 Å². The highest BCUT2D eigenvalue weighted by Crippen LogP contribution is 2.80. The third-order valence-corrected chi connectivity index (χ3v) is 46.6. The average molecular weight is 1930 g/mol. The summed E-state index contributed by atoms with van der Waals surface area (Å²) >= 11 is 3.46. The first-order valence-corrected chi connectivity index (χ1v) is 57.2. The van der Waals surface area contributed by atoms with Gasteiger partial charge in [0.25, 0.3) is 0 Å². The summed E-state index contributed by atoms with van der Waals surface area (Å²) in [5.41, 5.74) is 5.50. The molecule has 0 amide bonds. The number of carbonyl (C=O) groups is 4. The van der Waals surface area contributed by atoms with Gasteiger partial charge < -0.3 is 20.4 Å². The first-order chi connectivity index (χ1) is 65.7. The molecule has 24 fully saturated rings. The van der Waals surface area contributed by atoms with Crippen molar-refractivity contribution < 1.29 is 39.6 Å². The van der Waals surface area contributed by atoms with E-state index in [1.54, 1.807) is 21.8 Å². The molecule has 24 aliphatic carbocycles. The van der Waals surface area contributed by atoms with E-state index in [0.29, 0.717) is 159 Å². The normalized spacial score (nSPS) is 48.4. The lowest BCUT2D eigenvalue weighted by Gasteiger charge is -2.57. The van der Waals surface area contributed by atoms with E-state index in [-0.39, 0.29) is 39.4 Å². The zero-order valence-corrected chi connectivity index (χ0v) is 85.0. The van der Waals surface area contributed by atoms with Crippen LogP contribution in [0.1, 0.15) is 381 Å². The maximum absolute atomic E-state index is 13.9. The van der Waals surface area contributed by atoms with E-state index in [2.05, 4.69) is 90.1 Å². The summed E-state index contributed by atoms with van der Waals surface area (Å²) in [6, 6.07) is 9.00. The molecule has 40 atom stereocenters.